The van der Waals surface area contributed by atoms with Gasteiger partial charge in [0.25, 0.3) is 0 Å². The number of hydrogen-bond acceptors (Lipinski definition) is 2. The highest BCUT2D eigenvalue weighted by atomic mass is 16.3. The first-order valence-corrected chi connectivity index (χ1v) is 5.55. The van der Waals surface area contributed by atoms with E-state index < -0.39 is 5.60 Å². The molecular weight excluding hydrogens is 188 g/mol. The number of benzene rings is 1. The fraction of sp³-hybridized carbons (Fsp3) is 0.538. The van der Waals surface area contributed by atoms with E-state index in [0.29, 0.717) is 0 Å². The van der Waals surface area contributed by atoms with Crippen LogP contribution in [0.4, 0.5) is 0 Å². The molecule has 1 aromatic carbocycles. The summed E-state index contributed by atoms with van der Waals surface area (Å²) in [5, 5.41) is 18.8. The normalized spacial score (nSPS) is 19.9. The van der Waals surface area contributed by atoms with Gasteiger partial charge in [0, 0.05) is 18.9 Å². The summed E-state index contributed by atoms with van der Waals surface area (Å²) in [4.78, 5) is 0. The van der Waals surface area contributed by atoms with Gasteiger partial charge in [-0.3, -0.25) is 0 Å². The minimum Gasteiger partial charge on any atom is -0.396 e. The average molecular weight is 206 g/mol. The molecule has 15 heavy (non-hydrogen) atoms. The molecular formula is C13H18O2. The minimum atomic E-state index is -0.413. The molecule has 0 bridgehead atoms. The molecule has 0 radical (unpaired) electrons. The summed E-state index contributed by atoms with van der Waals surface area (Å²) >= 11 is 0. The Kier molecular flexibility index (Phi) is 2.81. The molecule has 0 spiro atoms. The lowest BCUT2D eigenvalue weighted by Gasteiger charge is -2.11. The van der Waals surface area contributed by atoms with Gasteiger partial charge in [-0.05, 0) is 24.0 Å². The smallest absolute Gasteiger partial charge is 0.0690 e. The molecule has 0 aromatic heterocycles. The molecule has 82 valence electrons. The van der Waals surface area contributed by atoms with Crippen molar-refractivity contribution in [1.29, 1.82) is 0 Å². The van der Waals surface area contributed by atoms with Crippen LogP contribution in [0.3, 0.4) is 0 Å². The largest absolute Gasteiger partial charge is 0.396 e. The number of aliphatic hydroxyl groups excluding tert-OH is 1. The van der Waals surface area contributed by atoms with Crippen LogP contribution in [-0.4, -0.2) is 22.4 Å². The summed E-state index contributed by atoms with van der Waals surface area (Å²) in [6.45, 7) is 2.19. The maximum atomic E-state index is 9.77. The topological polar surface area (TPSA) is 40.5 Å². The van der Waals surface area contributed by atoms with E-state index in [1.807, 2.05) is 19.1 Å². The standard InChI is InChI=1S/C13H18O2/c1-10(9-14)12-4-2-11(3-5-12)8-13(15)6-7-13/h2-5,10,14-15H,6-9H2,1H3. The van der Waals surface area contributed by atoms with E-state index in [4.69, 9.17) is 5.11 Å². The molecule has 2 heteroatoms. The number of rotatable bonds is 4. The van der Waals surface area contributed by atoms with E-state index in [0.717, 1.165) is 24.8 Å². The highest BCUT2D eigenvalue weighted by Crippen LogP contribution is 2.38. The van der Waals surface area contributed by atoms with E-state index in [1.165, 1.54) is 5.56 Å². The SMILES string of the molecule is CC(CO)c1ccc(CC2(O)CC2)cc1. The van der Waals surface area contributed by atoms with Gasteiger partial charge in [-0.15, -0.1) is 0 Å². The Balaban J connectivity index is 2.03. The Bertz CT molecular complexity index is 325. The molecule has 1 saturated carbocycles. The lowest BCUT2D eigenvalue weighted by molar-refractivity contribution is 0.151. The summed E-state index contributed by atoms with van der Waals surface area (Å²) in [5.74, 6) is 0.197. The summed E-state index contributed by atoms with van der Waals surface area (Å²) in [6.07, 6.45) is 2.63. The summed E-state index contributed by atoms with van der Waals surface area (Å²) in [5.41, 5.74) is 1.93. The first-order chi connectivity index (χ1) is 7.13. The highest BCUT2D eigenvalue weighted by Gasteiger charge is 2.39. The average Bonchev–Trinajstić information content (AvgIpc) is 2.96. The third kappa shape index (κ3) is 2.58. The fourth-order valence-corrected chi connectivity index (χ4v) is 1.77. The van der Waals surface area contributed by atoms with Crippen molar-refractivity contribution in [1.82, 2.24) is 0 Å². The van der Waals surface area contributed by atoms with Crippen LogP contribution in [0.5, 0.6) is 0 Å². The lowest BCUT2D eigenvalue weighted by atomic mass is 9.98. The maximum absolute atomic E-state index is 9.77. The Labute approximate surface area is 90.6 Å². The zero-order chi connectivity index (χ0) is 10.9. The van der Waals surface area contributed by atoms with Crippen molar-refractivity contribution in [3.8, 4) is 0 Å². The van der Waals surface area contributed by atoms with Crippen LogP contribution in [0.1, 0.15) is 36.8 Å². The Hall–Kier alpha value is -0.860. The molecule has 0 heterocycles. The van der Waals surface area contributed by atoms with Crippen molar-refractivity contribution in [3.05, 3.63) is 35.4 Å². The van der Waals surface area contributed by atoms with Crippen molar-refractivity contribution < 1.29 is 10.2 Å². The summed E-state index contributed by atoms with van der Waals surface area (Å²) in [6, 6.07) is 8.19. The maximum Gasteiger partial charge on any atom is 0.0690 e. The molecule has 0 saturated heterocycles. The van der Waals surface area contributed by atoms with Gasteiger partial charge in [-0.25, -0.2) is 0 Å². The Morgan fingerprint density at radius 1 is 1.27 bits per heavy atom. The van der Waals surface area contributed by atoms with Crippen LogP contribution < -0.4 is 0 Å². The molecule has 2 rings (SSSR count). The van der Waals surface area contributed by atoms with Crippen molar-refractivity contribution in [3.63, 3.8) is 0 Å². The second kappa shape index (κ2) is 3.95. The fourth-order valence-electron chi connectivity index (χ4n) is 1.77. The molecule has 0 aliphatic heterocycles. The second-order valence-corrected chi connectivity index (χ2v) is 4.73. The third-order valence-electron chi connectivity index (χ3n) is 3.18. The molecule has 1 fully saturated rings. The van der Waals surface area contributed by atoms with Gasteiger partial charge in [0.15, 0.2) is 0 Å². The minimum absolute atomic E-state index is 0.184. The molecule has 1 atom stereocenters. The molecule has 2 nitrogen and oxygen atoms in total. The molecule has 1 aliphatic carbocycles. The van der Waals surface area contributed by atoms with Gasteiger partial charge < -0.3 is 10.2 Å². The van der Waals surface area contributed by atoms with Crippen LogP contribution >= 0.6 is 0 Å². The summed E-state index contributed by atoms with van der Waals surface area (Å²) in [7, 11) is 0. The van der Waals surface area contributed by atoms with Crippen molar-refractivity contribution in [2.45, 2.75) is 37.7 Å². The van der Waals surface area contributed by atoms with Crippen LogP contribution in [0, 0.1) is 0 Å². The third-order valence-corrected chi connectivity index (χ3v) is 3.18. The van der Waals surface area contributed by atoms with E-state index >= 15 is 0 Å². The van der Waals surface area contributed by atoms with E-state index in [1.54, 1.807) is 0 Å². The predicted molar refractivity (Wildman–Crippen MR) is 59.8 cm³/mol. The monoisotopic (exact) mass is 206 g/mol. The van der Waals surface area contributed by atoms with Gasteiger partial charge >= 0.3 is 0 Å². The van der Waals surface area contributed by atoms with Crippen LogP contribution in [0.15, 0.2) is 24.3 Å². The first kappa shape index (κ1) is 10.7. The van der Waals surface area contributed by atoms with Gasteiger partial charge in [-0.2, -0.15) is 0 Å². The van der Waals surface area contributed by atoms with Crippen LogP contribution in [0.2, 0.25) is 0 Å². The quantitative estimate of drug-likeness (QED) is 0.789. The predicted octanol–water partition coefficient (Wildman–Crippen LogP) is 1.85. The number of aliphatic hydroxyl groups is 2. The zero-order valence-electron chi connectivity index (χ0n) is 9.11. The van der Waals surface area contributed by atoms with E-state index in [2.05, 4.69) is 12.1 Å². The van der Waals surface area contributed by atoms with Gasteiger partial charge in [0.2, 0.25) is 0 Å². The molecule has 1 unspecified atom stereocenters. The van der Waals surface area contributed by atoms with Crippen molar-refractivity contribution in [2.75, 3.05) is 6.61 Å². The Morgan fingerprint density at radius 3 is 2.33 bits per heavy atom. The zero-order valence-corrected chi connectivity index (χ0v) is 9.11. The molecule has 2 N–H and O–H groups in total. The first-order valence-electron chi connectivity index (χ1n) is 5.55. The second-order valence-electron chi connectivity index (χ2n) is 4.73. The van der Waals surface area contributed by atoms with E-state index in [-0.39, 0.29) is 12.5 Å². The molecule has 1 aromatic rings. The van der Waals surface area contributed by atoms with Gasteiger partial charge in [-0.1, -0.05) is 31.2 Å². The lowest BCUT2D eigenvalue weighted by Crippen LogP contribution is -2.10. The summed E-state index contributed by atoms with van der Waals surface area (Å²) < 4.78 is 0. The van der Waals surface area contributed by atoms with Gasteiger partial charge in [0.05, 0.1) is 5.60 Å². The number of hydrogen-bond donors (Lipinski definition) is 2. The van der Waals surface area contributed by atoms with Gasteiger partial charge in [0.1, 0.15) is 0 Å². The van der Waals surface area contributed by atoms with E-state index in [9.17, 15) is 5.11 Å². The van der Waals surface area contributed by atoms with Crippen molar-refractivity contribution in [2.24, 2.45) is 0 Å². The highest BCUT2D eigenvalue weighted by molar-refractivity contribution is 5.27. The van der Waals surface area contributed by atoms with Crippen LogP contribution in [0.25, 0.3) is 0 Å². The Morgan fingerprint density at radius 2 is 1.87 bits per heavy atom. The molecule has 0 amide bonds. The van der Waals surface area contributed by atoms with Crippen LogP contribution in [-0.2, 0) is 6.42 Å². The van der Waals surface area contributed by atoms with Crippen molar-refractivity contribution >= 4 is 0 Å². The molecule has 1 aliphatic rings.